The van der Waals surface area contributed by atoms with Gasteiger partial charge in [0.2, 0.25) is 5.91 Å². The van der Waals surface area contributed by atoms with Gasteiger partial charge >= 0.3 is 0 Å². The van der Waals surface area contributed by atoms with Crippen LogP contribution >= 0.6 is 22.9 Å². The number of nitrogens with one attached hydrogen (secondary N) is 1. The highest BCUT2D eigenvalue weighted by Crippen LogP contribution is 2.54. The summed E-state index contributed by atoms with van der Waals surface area (Å²) in [6, 6.07) is 8.11. The molecule has 39 heavy (non-hydrogen) atoms. The van der Waals surface area contributed by atoms with Crippen LogP contribution in [0.25, 0.3) is 5.00 Å². The van der Waals surface area contributed by atoms with Crippen LogP contribution < -0.4 is 5.32 Å². The second-order valence-electron chi connectivity index (χ2n) is 12.4. The van der Waals surface area contributed by atoms with Gasteiger partial charge in [0.05, 0.1) is 11.3 Å². The lowest BCUT2D eigenvalue weighted by Crippen LogP contribution is -2.43. The number of halogens is 1. The Labute approximate surface area is 237 Å². The van der Waals surface area contributed by atoms with E-state index in [1.165, 1.54) is 10.4 Å². The van der Waals surface area contributed by atoms with Gasteiger partial charge in [-0.2, -0.15) is 0 Å². The molecule has 1 amide bonds. The van der Waals surface area contributed by atoms with Crippen LogP contribution in [0.4, 0.5) is 0 Å². The Morgan fingerprint density at radius 1 is 1.15 bits per heavy atom. The molecule has 7 rings (SSSR count). The predicted molar refractivity (Wildman–Crippen MR) is 153 cm³/mol. The van der Waals surface area contributed by atoms with Gasteiger partial charge in [0.1, 0.15) is 16.4 Å². The molecule has 0 radical (unpaired) electrons. The van der Waals surface area contributed by atoms with E-state index in [9.17, 15) is 9.90 Å². The Balaban J connectivity index is 1.21. The largest absolute Gasteiger partial charge is 0.390 e. The number of carbonyl (C=O) groups is 1. The monoisotopic (exact) mass is 563 g/mol. The van der Waals surface area contributed by atoms with Crippen molar-refractivity contribution in [2.24, 2.45) is 16.8 Å². The van der Waals surface area contributed by atoms with Gasteiger partial charge in [-0.3, -0.25) is 14.4 Å². The third-order valence-electron chi connectivity index (χ3n) is 9.26. The number of aliphatic hydroxyl groups is 1. The van der Waals surface area contributed by atoms with Crippen molar-refractivity contribution >= 4 is 34.6 Å². The quantitative estimate of drug-likeness (QED) is 0.451. The van der Waals surface area contributed by atoms with Crippen molar-refractivity contribution in [2.75, 3.05) is 0 Å². The highest BCUT2D eigenvalue weighted by atomic mass is 35.5. The molecule has 2 aromatic heterocycles. The van der Waals surface area contributed by atoms with Gasteiger partial charge in [0, 0.05) is 33.0 Å². The molecular weight excluding hydrogens is 530 g/mol. The summed E-state index contributed by atoms with van der Waals surface area (Å²) in [4.78, 5) is 20.1. The Kier molecular flexibility index (Phi) is 5.85. The van der Waals surface area contributed by atoms with Crippen LogP contribution in [-0.2, 0) is 23.2 Å². The third kappa shape index (κ3) is 4.18. The number of aromatic nitrogens is 3. The first kappa shape index (κ1) is 25.4. The van der Waals surface area contributed by atoms with Crippen molar-refractivity contribution in [3.8, 4) is 5.00 Å². The molecule has 0 saturated heterocycles. The molecule has 0 bridgehead atoms. The SMILES string of the molecule is Cc1nnc2n1-c1sc3c(c1C(c1ccccc1Cl)=NC21CC1)C[C@H](C(=O)N[C@H]1CC[C@H](C(C)(C)O)CC1)C3. The highest BCUT2D eigenvalue weighted by molar-refractivity contribution is 7.15. The van der Waals surface area contributed by atoms with E-state index in [-0.39, 0.29) is 23.4 Å². The molecule has 3 aromatic rings. The molecule has 1 aromatic carbocycles. The van der Waals surface area contributed by atoms with Crippen LogP contribution in [0.1, 0.15) is 85.6 Å². The molecular formula is C30H34ClN5O2S. The number of hydrogen-bond acceptors (Lipinski definition) is 6. The summed E-state index contributed by atoms with van der Waals surface area (Å²) in [5.41, 5.74) is 3.14. The molecule has 7 nitrogen and oxygen atoms in total. The first-order valence-corrected chi connectivity index (χ1v) is 15.3. The lowest BCUT2D eigenvalue weighted by atomic mass is 9.77. The molecule has 2 fully saturated rings. The van der Waals surface area contributed by atoms with Crippen LogP contribution in [0.3, 0.4) is 0 Å². The summed E-state index contributed by atoms with van der Waals surface area (Å²) < 4.78 is 2.20. The van der Waals surface area contributed by atoms with Gasteiger partial charge in [-0.25, -0.2) is 0 Å². The van der Waals surface area contributed by atoms with Gasteiger partial charge in [-0.15, -0.1) is 21.5 Å². The summed E-state index contributed by atoms with van der Waals surface area (Å²) in [6.45, 7) is 5.79. The van der Waals surface area contributed by atoms with Crippen LogP contribution in [0, 0.1) is 18.8 Å². The van der Waals surface area contributed by atoms with Crippen molar-refractivity contribution in [1.29, 1.82) is 0 Å². The highest BCUT2D eigenvalue weighted by Gasteiger charge is 2.52. The van der Waals surface area contributed by atoms with Gasteiger partial charge in [-0.1, -0.05) is 29.8 Å². The minimum atomic E-state index is -0.657. The molecule has 1 spiro atoms. The van der Waals surface area contributed by atoms with E-state index in [1.54, 1.807) is 11.3 Å². The summed E-state index contributed by atoms with van der Waals surface area (Å²) in [6.07, 6.45) is 7.04. The predicted octanol–water partition coefficient (Wildman–Crippen LogP) is 5.29. The van der Waals surface area contributed by atoms with Crippen molar-refractivity contribution in [1.82, 2.24) is 20.1 Å². The third-order valence-corrected chi connectivity index (χ3v) is 10.8. The normalized spacial score (nSPS) is 24.9. The Hall–Kier alpha value is -2.55. The van der Waals surface area contributed by atoms with E-state index >= 15 is 0 Å². The Morgan fingerprint density at radius 2 is 1.90 bits per heavy atom. The number of rotatable bonds is 4. The van der Waals surface area contributed by atoms with Crippen LogP contribution in [0.5, 0.6) is 0 Å². The molecule has 0 unspecified atom stereocenters. The Bertz CT molecular complexity index is 1500. The molecule has 3 heterocycles. The first-order valence-electron chi connectivity index (χ1n) is 14.1. The number of amides is 1. The van der Waals surface area contributed by atoms with E-state index in [2.05, 4.69) is 20.1 Å². The standard InChI is InChI=1S/C30H34ClN5O2S/c1-16-34-35-28-30(12-13-30)33-25(20-6-4-5-7-22(20)31)24-21-14-17(15-23(21)39-27(24)36(16)28)26(37)32-19-10-8-18(9-11-19)29(2,3)38/h4-7,17-19,38H,8-15H2,1-3H3,(H,32,37)/t17-,18-,19-/m0/s1. The lowest BCUT2D eigenvalue weighted by molar-refractivity contribution is -0.125. The zero-order chi connectivity index (χ0) is 27.1. The maximum atomic E-state index is 13.5. The van der Waals surface area contributed by atoms with Gasteiger partial charge < -0.3 is 10.4 Å². The molecule has 2 saturated carbocycles. The first-order chi connectivity index (χ1) is 18.6. The molecule has 2 N–H and O–H groups in total. The number of hydrogen-bond donors (Lipinski definition) is 2. The minimum Gasteiger partial charge on any atom is -0.390 e. The molecule has 1 aliphatic heterocycles. The lowest BCUT2D eigenvalue weighted by Gasteiger charge is -2.36. The maximum absolute atomic E-state index is 13.5. The van der Waals surface area contributed by atoms with E-state index < -0.39 is 5.60 Å². The van der Waals surface area contributed by atoms with Gasteiger partial charge in [-0.05, 0) is 89.7 Å². The molecule has 3 aliphatic carbocycles. The fourth-order valence-corrected chi connectivity index (χ4v) is 8.48. The number of nitrogens with zero attached hydrogens (tertiary/aromatic N) is 4. The smallest absolute Gasteiger partial charge is 0.224 e. The van der Waals surface area contributed by atoms with E-state index in [0.29, 0.717) is 17.4 Å². The molecule has 9 heteroatoms. The number of aliphatic imine (C=N–C) groups is 1. The van der Waals surface area contributed by atoms with Crippen molar-refractivity contribution in [3.63, 3.8) is 0 Å². The number of aryl methyl sites for hydroxylation is 1. The van der Waals surface area contributed by atoms with E-state index in [1.807, 2.05) is 45.0 Å². The average molecular weight is 564 g/mol. The number of benzene rings is 1. The van der Waals surface area contributed by atoms with Crippen LogP contribution in [0.2, 0.25) is 5.02 Å². The molecule has 1 atom stereocenters. The van der Waals surface area contributed by atoms with Crippen molar-refractivity contribution < 1.29 is 9.90 Å². The number of fused-ring (bicyclic) bond motifs is 6. The summed E-state index contributed by atoms with van der Waals surface area (Å²) in [7, 11) is 0. The minimum absolute atomic E-state index is 0.0873. The Morgan fingerprint density at radius 3 is 2.59 bits per heavy atom. The summed E-state index contributed by atoms with van der Waals surface area (Å²) in [5, 5.41) is 24.6. The molecule has 204 valence electrons. The van der Waals surface area contributed by atoms with Gasteiger partial charge in [0.15, 0.2) is 5.82 Å². The number of thiophene rings is 1. The summed E-state index contributed by atoms with van der Waals surface area (Å²) in [5.74, 6) is 2.13. The molecule has 4 aliphatic rings. The van der Waals surface area contributed by atoms with E-state index in [0.717, 1.165) is 78.4 Å². The van der Waals surface area contributed by atoms with Crippen LogP contribution in [-0.4, -0.2) is 43.1 Å². The van der Waals surface area contributed by atoms with Gasteiger partial charge in [0.25, 0.3) is 0 Å². The summed E-state index contributed by atoms with van der Waals surface area (Å²) >= 11 is 8.51. The second-order valence-corrected chi connectivity index (χ2v) is 13.9. The van der Waals surface area contributed by atoms with E-state index in [4.69, 9.17) is 16.6 Å². The maximum Gasteiger partial charge on any atom is 0.224 e. The fraction of sp³-hybridized carbons (Fsp3) is 0.533. The van der Waals surface area contributed by atoms with Crippen molar-refractivity contribution in [2.45, 2.75) is 89.3 Å². The zero-order valence-electron chi connectivity index (χ0n) is 22.6. The topological polar surface area (TPSA) is 92.4 Å². The second kappa shape index (κ2) is 8.98. The zero-order valence-corrected chi connectivity index (χ0v) is 24.2. The fourth-order valence-electron chi connectivity index (χ4n) is 6.80. The van der Waals surface area contributed by atoms with Crippen molar-refractivity contribution in [3.05, 3.63) is 62.5 Å². The van der Waals surface area contributed by atoms with Crippen LogP contribution in [0.15, 0.2) is 29.3 Å². The number of carbonyl (C=O) groups excluding carboxylic acids is 1. The average Bonchev–Trinajstić information content (AvgIpc) is 3.23.